The molecule has 0 spiro atoms. The molecule has 0 aliphatic heterocycles. The van der Waals surface area contributed by atoms with Gasteiger partial charge in [0, 0.05) is 7.05 Å². The van der Waals surface area contributed by atoms with Gasteiger partial charge in [-0.25, -0.2) is 14.6 Å². The largest absolute Gasteiger partial charge is 0.497 e. The van der Waals surface area contributed by atoms with Crippen molar-refractivity contribution < 1.29 is 19.0 Å². The summed E-state index contributed by atoms with van der Waals surface area (Å²) in [6, 6.07) is 12.5. The average Bonchev–Trinajstić information content (AvgIpc) is 3.21. The number of hydrazone groups is 1. The second-order valence-electron chi connectivity index (χ2n) is 7.60. The van der Waals surface area contributed by atoms with E-state index in [9.17, 15) is 19.1 Å². The van der Waals surface area contributed by atoms with Crippen molar-refractivity contribution in [1.29, 1.82) is 0 Å². The predicted molar refractivity (Wildman–Crippen MR) is 128 cm³/mol. The lowest BCUT2D eigenvalue weighted by atomic mass is 10.2. The fourth-order valence-electron chi connectivity index (χ4n) is 3.34. The number of rotatable bonds is 9. The van der Waals surface area contributed by atoms with Gasteiger partial charge >= 0.3 is 5.69 Å². The van der Waals surface area contributed by atoms with Gasteiger partial charge in [0.1, 0.15) is 30.0 Å². The maximum absolute atomic E-state index is 13.1. The van der Waals surface area contributed by atoms with Gasteiger partial charge in [0.2, 0.25) is 5.95 Å². The number of fused-ring (bicyclic) bond motifs is 1. The number of aryl methyl sites for hydroxylation is 1. The summed E-state index contributed by atoms with van der Waals surface area (Å²) in [5, 5.41) is 14.7. The van der Waals surface area contributed by atoms with Gasteiger partial charge in [-0.15, -0.1) is 0 Å². The number of halogens is 1. The smallest absolute Gasteiger partial charge is 0.329 e. The van der Waals surface area contributed by atoms with E-state index in [1.165, 1.54) is 46.7 Å². The molecule has 2 heterocycles. The van der Waals surface area contributed by atoms with Crippen LogP contribution < -0.4 is 26.1 Å². The average molecular weight is 482 g/mol. The maximum atomic E-state index is 13.1. The quantitative estimate of drug-likeness (QED) is 0.243. The van der Waals surface area contributed by atoms with E-state index < -0.39 is 17.4 Å². The number of methoxy groups -OCH3 is 1. The minimum atomic E-state index is -1.03. The van der Waals surface area contributed by atoms with E-state index in [0.717, 1.165) is 0 Å². The molecular formula is C23H23FN6O5. The summed E-state index contributed by atoms with van der Waals surface area (Å²) in [6.07, 6.45) is 0.406. The number of hydrogen-bond donors (Lipinski definition) is 3. The van der Waals surface area contributed by atoms with Gasteiger partial charge < -0.3 is 19.1 Å². The van der Waals surface area contributed by atoms with Crippen LogP contribution in [-0.4, -0.2) is 50.2 Å². The lowest BCUT2D eigenvalue weighted by Gasteiger charge is -2.15. The third-order valence-electron chi connectivity index (χ3n) is 5.15. The maximum Gasteiger partial charge on any atom is 0.329 e. The second-order valence-corrected chi connectivity index (χ2v) is 7.60. The predicted octanol–water partition coefficient (Wildman–Crippen LogP) is 1.46. The number of nitrogens with zero attached hydrogens (tertiary/aromatic N) is 4. The molecule has 0 radical (unpaired) electrons. The Labute approximate surface area is 198 Å². The van der Waals surface area contributed by atoms with Gasteiger partial charge in [-0.05, 0) is 42.0 Å². The molecule has 12 heteroatoms. The summed E-state index contributed by atoms with van der Waals surface area (Å²) in [5.74, 6) is 0.948. The van der Waals surface area contributed by atoms with Crippen molar-refractivity contribution in [2.45, 2.75) is 12.6 Å². The van der Waals surface area contributed by atoms with E-state index in [1.807, 2.05) is 0 Å². The molecule has 0 amide bonds. The number of benzene rings is 2. The number of aromatic amines is 1. The molecule has 35 heavy (non-hydrogen) atoms. The number of aliphatic hydroxyl groups is 1. The zero-order valence-corrected chi connectivity index (χ0v) is 18.9. The minimum absolute atomic E-state index is 0.0754. The van der Waals surface area contributed by atoms with Crippen molar-refractivity contribution in [3.8, 4) is 11.5 Å². The number of aromatic nitrogens is 4. The van der Waals surface area contributed by atoms with E-state index in [-0.39, 0.29) is 36.1 Å². The Bertz CT molecular complexity index is 1460. The van der Waals surface area contributed by atoms with Crippen LogP contribution in [0.1, 0.15) is 5.56 Å². The highest BCUT2D eigenvalue weighted by Gasteiger charge is 2.20. The molecule has 0 aliphatic rings. The summed E-state index contributed by atoms with van der Waals surface area (Å²) in [6.45, 7) is -0.156. The monoisotopic (exact) mass is 482 g/mol. The molecule has 2 aromatic carbocycles. The van der Waals surface area contributed by atoms with Crippen LogP contribution in [0.15, 0.2) is 63.2 Å². The molecule has 182 valence electrons. The number of aliphatic hydroxyl groups excluding tert-OH is 1. The fourth-order valence-corrected chi connectivity index (χ4v) is 3.34. The molecular weight excluding hydrogens is 459 g/mol. The molecule has 1 atom stereocenters. The highest BCUT2D eigenvalue weighted by Crippen LogP contribution is 2.19. The highest BCUT2D eigenvalue weighted by atomic mass is 19.1. The second kappa shape index (κ2) is 10.2. The van der Waals surface area contributed by atoms with E-state index in [4.69, 9.17) is 9.47 Å². The van der Waals surface area contributed by atoms with Gasteiger partial charge in [0.05, 0.1) is 19.9 Å². The lowest BCUT2D eigenvalue weighted by molar-refractivity contribution is 0.0938. The first kappa shape index (κ1) is 23.7. The zero-order valence-electron chi connectivity index (χ0n) is 18.9. The van der Waals surface area contributed by atoms with E-state index >= 15 is 0 Å². The third-order valence-corrected chi connectivity index (χ3v) is 5.15. The van der Waals surface area contributed by atoms with Gasteiger partial charge in [-0.1, -0.05) is 12.1 Å². The first-order chi connectivity index (χ1) is 16.9. The number of imidazole rings is 1. The topological polar surface area (TPSA) is 136 Å². The summed E-state index contributed by atoms with van der Waals surface area (Å²) in [7, 11) is 3.02. The molecule has 3 N–H and O–H groups in total. The Morgan fingerprint density at radius 1 is 1.17 bits per heavy atom. The fraction of sp³-hybridized carbons (Fsp3) is 0.217. The van der Waals surface area contributed by atoms with Crippen molar-refractivity contribution in [3.63, 3.8) is 0 Å². The Kier molecular flexibility index (Phi) is 6.92. The Balaban J connectivity index is 1.58. The summed E-state index contributed by atoms with van der Waals surface area (Å²) >= 11 is 0. The number of ether oxygens (including phenoxy) is 2. The molecule has 11 nitrogen and oxygen atoms in total. The number of H-pyrrole nitrogens is 1. The van der Waals surface area contributed by atoms with Crippen LogP contribution in [0.3, 0.4) is 0 Å². The SMILES string of the molecule is COc1ccc(OC[C@@H](O)Cn2c(N/N=C\c3ccc(F)cc3)nc3c2c(=O)[nH]c(=O)n3C)cc1. The molecule has 2 aromatic heterocycles. The van der Waals surface area contributed by atoms with Gasteiger partial charge in [-0.3, -0.25) is 14.3 Å². The van der Waals surface area contributed by atoms with Crippen LogP contribution >= 0.6 is 0 Å². The normalized spacial score (nSPS) is 12.2. The van der Waals surface area contributed by atoms with Crippen LogP contribution in [0.4, 0.5) is 10.3 Å². The Morgan fingerprint density at radius 3 is 2.54 bits per heavy atom. The van der Waals surface area contributed by atoms with Crippen molar-refractivity contribution in [1.82, 2.24) is 19.1 Å². The van der Waals surface area contributed by atoms with E-state index in [0.29, 0.717) is 17.1 Å². The molecule has 4 rings (SSSR count). The molecule has 0 bridgehead atoms. The standard InChI is InChI=1S/C23H23FN6O5/c1-29-20-19(21(32)27-23(29)33)30(12-16(31)13-35-18-9-7-17(34-2)8-10-18)22(26-20)28-25-11-14-3-5-15(24)6-4-14/h3-11,16,31H,12-13H2,1-2H3,(H,26,28)(H,27,32,33)/b25-11-/t16-/m0/s1. The molecule has 4 aromatic rings. The lowest BCUT2D eigenvalue weighted by Crippen LogP contribution is -2.30. The van der Waals surface area contributed by atoms with Crippen LogP contribution in [-0.2, 0) is 13.6 Å². The Morgan fingerprint density at radius 2 is 1.86 bits per heavy atom. The summed E-state index contributed by atoms with van der Waals surface area (Å²) in [4.78, 5) is 31.2. The number of anilines is 1. The van der Waals surface area contributed by atoms with Crippen LogP contribution in [0.5, 0.6) is 11.5 Å². The van der Waals surface area contributed by atoms with Crippen LogP contribution in [0, 0.1) is 5.82 Å². The Hall–Kier alpha value is -4.45. The highest BCUT2D eigenvalue weighted by molar-refractivity contribution is 5.80. The van der Waals surface area contributed by atoms with E-state index in [2.05, 4.69) is 20.5 Å². The van der Waals surface area contributed by atoms with Gasteiger partial charge in [0.25, 0.3) is 5.56 Å². The first-order valence-electron chi connectivity index (χ1n) is 10.5. The van der Waals surface area contributed by atoms with Crippen molar-refractivity contribution in [2.75, 3.05) is 19.1 Å². The van der Waals surface area contributed by atoms with Crippen LogP contribution in [0.2, 0.25) is 0 Å². The molecule has 0 aliphatic carbocycles. The number of nitrogens with one attached hydrogen (secondary N) is 2. The minimum Gasteiger partial charge on any atom is -0.497 e. The summed E-state index contributed by atoms with van der Waals surface area (Å²) in [5.41, 5.74) is 2.26. The first-order valence-corrected chi connectivity index (χ1v) is 10.5. The van der Waals surface area contributed by atoms with Crippen molar-refractivity contribution in [2.24, 2.45) is 12.1 Å². The third kappa shape index (κ3) is 5.38. The van der Waals surface area contributed by atoms with Crippen LogP contribution in [0.25, 0.3) is 11.2 Å². The van der Waals surface area contributed by atoms with Gasteiger partial charge in [0.15, 0.2) is 11.2 Å². The number of hydrogen-bond acceptors (Lipinski definition) is 8. The molecule has 0 fully saturated rings. The van der Waals surface area contributed by atoms with Crippen molar-refractivity contribution in [3.05, 3.63) is 80.7 Å². The van der Waals surface area contributed by atoms with Gasteiger partial charge in [-0.2, -0.15) is 10.1 Å². The molecule has 0 unspecified atom stereocenters. The summed E-state index contributed by atoms with van der Waals surface area (Å²) < 4.78 is 26.4. The zero-order chi connectivity index (χ0) is 24.9. The van der Waals surface area contributed by atoms with Crippen molar-refractivity contribution >= 4 is 23.3 Å². The van der Waals surface area contributed by atoms with E-state index in [1.54, 1.807) is 31.4 Å². The molecule has 0 saturated carbocycles. The molecule has 0 saturated heterocycles.